The molecule has 0 saturated heterocycles. The Hall–Kier alpha value is -2.48. The Morgan fingerprint density at radius 3 is 2.52 bits per heavy atom. The minimum Gasteiger partial charge on any atom is -0.497 e. The van der Waals surface area contributed by atoms with E-state index in [0.717, 1.165) is 5.75 Å². The van der Waals surface area contributed by atoms with Gasteiger partial charge in [-0.1, -0.05) is 44.2 Å². The average molecular weight is 329 g/mol. The summed E-state index contributed by atoms with van der Waals surface area (Å²) in [6.45, 7) is 4.80. The Morgan fingerprint density at radius 2 is 1.76 bits per heavy atom. The van der Waals surface area contributed by atoms with Crippen molar-refractivity contribution in [2.75, 3.05) is 7.11 Å². The van der Waals surface area contributed by atoms with E-state index in [2.05, 4.69) is 61.3 Å². The van der Waals surface area contributed by atoms with Crippen molar-refractivity contribution in [3.8, 4) is 16.9 Å². The zero-order valence-corrected chi connectivity index (χ0v) is 15.0. The SMILES string of the molecule is COc1ccc(-c2ccc3[nH]c4c(c3c2)C(C)(C)C2C=CC4C2)cc1. The molecule has 2 atom stereocenters. The van der Waals surface area contributed by atoms with E-state index in [-0.39, 0.29) is 5.41 Å². The van der Waals surface area contributed by atoms with Gasteiger partial charge in [-0.3, -0.25) is 0 Å². The molecule has 2 aliphatic carbocycles. The highest BCUT2D eigenvalue weighted by atomic mass is 16.5. The first-order valence-electron chi connectivity index (χ1n) is 9.07. The van der Waals surface area contributed by atoms with Crippen LogP contribution in [0.3, 0.4) is 0 Å². The van der Waals surface area contributed by atoms with Crippen LogP contribution in [0.1, 0.15) is 37.4 Å². The summed E-state index contributed by atoms with van der Waals surface area (Å²) in [5.41, 5.74) is 6.87. The number of ether oxygens (including phenoxy) is 1. The third-order valence-electron chi connectivity index (χ3n) is 6.28. The van der Waals surface area contributed by atoms with Gasteiger partial charge < -0.3 is 9.72 Å². The van der Waals surface area contributed by atoms with Gasteiger partial charge in [0.2, 0.25) is 0 Å². The van der Waals surface area contributed by atoms with Gasteiger partial charge in [-0.15, -0.1) is 0 Å². The highest BCUT2D eigenvalue weighted by Gasteiger charge is 2.43. The summed E-state index contributed by atoms with van der Waals surface area (Å²) >= 11 is 0. The van der Waals surface area contributed by atoms with Crippen LogP contribution in [-0.4, -0.2) is 12.1 Å². The molecule has 25 heavy (non-hydrogen) atoms. The van der Waals surface area contributed by atoms with Crippen LogP contribution >= 0.6 is 0 Å². The van der Waals surface area contributed by atoms with Crippen molar-refractivity contribution in [3.05, 3.63) is 65.9 Å². The van der Waals surface area contributed by atoms with Crippen molar-refractivity contribution in [1.29, 1.82) is 0 Å². The Labute approximate surface area is 148 Å². The van der Waals surface area contributed by atoms with Crippen LogP contribution in [-0.2, 0) is 5.41 Å². The second kappa shape index (κ2) is 5.01. The van der Waals surface area contributed by atoms with Gasteiger partial charge in [-0.2, -0.15) is 0 Å². The van der Waals surface area contributed by atoms with E-state index in [1.807, 2.05) is 12.1 Å². The van der Waals surface area contributed by atoms with Crippen LogP contribution in [0.25, 0.3) is 22.0 Å². The van der Waals surface area contributed by atoms with Crippen molar-refractivity contribution in [2.45, 2.75) is 31.6 Å². The molecule has 0 saturated carbocycles. The highest BCUT2D eigenvalue weighted by molar-refractivity contribution is 5.91. The number of methoxy groups -OCH3 is 1. The zero-order chi connectivity index (χ0) is 17.2. The molecule has 2 bridgehead atoms. The number of fused-ring (bicyclic) bond motifs is 6. The lowest BCUT2D eigenvalue weighted by Crippen LogP contribution is -2.31. The molecule has 2 nitrogen and oxygen atoms in total. The lowest BCUT2D eigenvalue weighted by Gasteiger charge is -2.37. The molecule has 1 aromatic heterocycles. The second-order valence-electron chi connectivity index (χ2n) is 7.96. The van der Waals surface area contributed by atoms with Gasteiger partial charge in [-0.25, -0.2) is 0 Å². The van der Waals surface area contributed by atoms with Crippen molar-refractivity contribution < 1.29 is 4.74 Å². The number of benzene rings is 2. The number of aromatic amines is 1. The van der Waals surface area contributed by atoms with Gasteiger partial charge in [0.1, 0.15) is 5.75 Å². The summed E-state index contributed by atoms with van der Waals surface area (Å²) < 4.78 is 5.28. The minimum absolute atomic E-state index is 0.176. The molecule has 3 aromatic rings. The first-order chi connectivity index (χ1) is 12.1. The minimum atomic E-state index is 0.176. The van der Waals surface area contributed by atoms with Gasteiger partial charge in [0.25, 0.3) is 0 Å². The number of nitrogens with one attached hydrogen (secondary N) is 1. The maximum absolute atomic E-state index is 5.28. The molecule has 5 rings (SSSR count). The van der Waals surface area contributed by atoms with Crippen LogP contribution < -0.4 is 4.74 Å². The number of allylic oxidation sites excluding steroid dienone is 2. The van der Waals surface area contributed by atoms with E-state index in [1.54, 1.807) is 7.11 Å². The Bertz CT molecular complexity index is 991. The fraction of sp³-hybridized carbons (Fsp3) is 0.304. The van der Waals surface area contributed by atoms with Crippen LogP contribution in [0.2, 0.25) is 0 Å². The molecule has 1 heterocycles. The fourth-order valence-electron chi connectivity index (χ4n) is 4.78. The van der Waals surface area contributed by atoms with E-state index in [0.29, 0.717) is 11.8 Å². The molecule has 0 amide bonds. The van der Waals surface area contributed by atoms with Gasteiger partial charge in [-0.05, 0) is 58.7 Å². The number of H-pyrrole nitrogens is 1. The van der Waals surface area contributed by atoms with Gasteiger partial charge in [0.05, 0.1) is 7.11 Å². The lowest BCUT2D eigenvalue weighted by molar-refractivity contribution is 0.343. The average Bonchev–Trinajstić information content (AvgIpc) is 3.24. The summed E-state index contributed by atoms with van der Waals surface area (Å²) in [4.78, 5) is 3.73. The second-order valence-corrected chi connectivity index (χ2v) is 7.96. The summed E-state index contributed by atoms with van der Waals surface area (Å²) in [5, 5.41) is 1.38. The highest BCUT2D eigenvalue weighted by Crippen LogP contribution is 2.53. The topological polar surface area (TPSA) is 25.0 Å². The summed E-state index contributed by atoms with van der Waals surface area (Å²) in [5.74, 6) is 2.10. The zero-order valence-electron chi connectivity index (χ0n) is 15.0. The van der Waals surface area contributed by atoms with Crippen LogP contribution in [0, 0.1) is 5.92 Å². The molecule has 2 heteroatoms. The van der Waals surface area contributed by atoms with E-state index in [1.165, 1.54) is 39.7 Å². The van der Waals surface area contributed by atoms with E-state index in [4.69, 9.17) is 4.74 Å². The lowest BCUT2D eigenvalue weighted by atomic mass is 9.67. The largest absolute Gasteiger partial charge is 0.497 e. The monoisotopic (exact) mass is 329 g/mol. The van der Waals surface area contributed by atoms with E-state index < -0.39 is 0 Å². The molecule has 126 valence electrons. The maximum Gasteiger partial charge on any atom is 0.118 e. The van der Waals surface area contributed by atoms with Crippen molar-refractivity contribution in [3.63, 3.8) is 0 Å². The Balaban J connectivity index is 1.69. The molecule has 2 unspecified atom stereocenters. The number of hydrogen-bond acceptors (Lipinski definition) is 1. The third-order valence-corrected chi connectivity index (χ3v) is 6.28. The normalized spacial score (nSPS) is 23.0. The summed E-state index contributed by atoms with van der Waals surface area (Å²) in [6, 6.07) is 15.1. The van der Waals surface area contributed by atoms with Crippen molar-refractivity contribution >= 4 is 10.9 Å². The quantitative estimate of drug-likeness (QED) is 0.591. The standard InChI is InChI=1S/C23H23NO/c1-23(2)17-8-4-16(12-17)22-21(23)19-13-15(7-11-20(19)24-22)14-5-9-18(25-3)10-6-14/h4-11,13,16-17,24H,12H2,1-3H3. The van der Waals surface area contributed by atoms with Crippen LogP contribution in [0.4, 0.5) is 0 Å². The predicted octanol–water partition coefficient (Wildman–Crippen LogP) is 5.79. The first kappa shape index (κ1) is 14.8. The van der Waals surface area contributed by atoms with Gasteiger partial charge in [0, 0.05) is 22.5 Å². The van der Waals surface area contributed by atoms with Crippen LogP contribution in [0.5, 0.6) is 5.75 Å². The van der Waals surface area contributed by atoms with Gasteiger partial charge >= 0.3 is 0 Å². The number of aromatic nitrogens is 1. The Kier molecular flexibility index (Phi) is 2.97. The van der Waals surface area contributed by atoms with E-state index >= 15 is 0 Å². The molecule has 1 N–H and O–H groups in total. The molecule has 2 aromatic carbocycles. The van der Waals surface area contributed by atoms with Gasteiger partial charge in [0.15, 0.2) is 0 Å². The fourth-order valence-corrected chi connectivity index (χ4v) is 4.78. The summed E-state index contributed by atoms with van der Waals surface area (Å²) in [6.07, 6.45) is 6.08. The smallest absolute Gasteiger partial charge is 0.118 e. The Morgan fingerprint density at radius 1 is 1.00 bits per heavy atom. The molecule has 0 aliphatic heterocycles. The van der Waals surface area contributed by atoms with E-state index in [9.17, 15) is 0 Å². The molecular formula is C23H23NO. The summed E-state index contributed by atoms with van der Waals surface area (Å²) in [7, 11) is 1.71. The predicted molar refractivity (Wildman–Crippen MR) is 103 cm³/mol. The molecule has 2 aliphatic rings. The number of rotatable bonds is 2. The number of hydrogen-bond donors (Lipinski definition) is 1. The molecular weight excluding hydrogens is 306 g/mol. The first-order valence-corrected chi connectivity index (χ1v) is 9.07. The third kappa shape index (κ3) is 2.03. The molecule has 0 spiro atoms. The van der Waals surface area contributed by atoms with Crippen molar-refractivity contribution in [2.24, 2.45) is 5.92 Å². The maximum atomic E-state index is 5.28. The van der Waals surface area contributed by atoms with Crippen LogP contribution in [0.15, 0.2) is 54.6 Å². The van der Waals surface area contributed by atoms with Crippen molar-refractivity contribution in [1.82, 2.24) is 4.98 Å². The molecule has 0 radical (unpaired) electrons. The molecule has 0 fully saturated rings.